The molecular weight excluding hydrogens is 837 g/mol. The molecule has 348 valence electrons. The van der Waals surface area contributed by atoms with Crippen LogP contribution in [-0.4, -0.2) is 98.2 Å². The first-order valence-corrected chi connectivity index (χ1v) is 22.6. The van der Waals surface area contributed by atoms with Crippen molar-refractivity contribution in [3.8, 4) is 40.0 Å². The molecule has 17 nitrogen and oxygen atoms in total. The standard InChI is InChI=1S/C29H36N6O3.C20H26N6O2/c1-18(20-8-10-23(37-7)11-9-20)34-15-21(12-27(34)36)19(2)38-28-24-17-33(6)32-26(24)13-25(31-28)22-14-30-35(16-22)29(3,4)5;1-12(13-6-18(27)21-8-13)28-19-15-11-25(5)24-17(15)7-16(23-19)14-9-22-26(10-14)20(2,3)4/h8-11,13-14,16-19,21H,12,15H2,1-7H3;7,9-13H,6,8H2,1-5H3,(H,21,27)/t18-,19+,21+;12-,13-/m01/s1. The van der Waals surface area contributed by atoms with E-state index in [-0.39, 0.29) is 53.0 Å². The molecule has 2 aliphatic rings. The Labute approximate surface area is 385 Å². The average molecular weight is 899 g/mol. The van der Waals surface area contributed by atoms with Crippen LogP contribution >= 0.6 is 0 Å². The summed E-state index contributed by atoms with van der Waals surface area (Å²) in [4.78, 5) is 36.2. The number of amides is 2. The van der Waals surface area contributed by atoms with Gasteiger partial charge < -0.3 is 24.4 Å². The lowest BCUT2D eigenvalue weighted by atomic mass is 10.0. The molecule has 2 aliphatic heterocycles. The van der Waals surface area contributed by atoms with Crippen LogP contribution in [0.3, 0.4) is 0 Å². The lowest BCUT2D eigenvalue weighted by Gasteiger charge is -2.26. The molecule has 5 atom stereocenters. The number of hydrogen-bond acceptors (Lipinski definition) is 11. The highest BCUT2D eigenvalue weighted by Crippen LogP contribution is 2.36. The molecule has 0 unspecified atom stereocenters. The zero-order valence-electron chi connectivity index (χ0n) is 40.1. The van der Waals surface area contributed by atoms with Gasteiger partial charge in [-0.1, -0.05) is 12.1 Å². The molecule has 0 spiro atoms. The largest absolute Gasteiger partial charge is 0.497 e. The van der Waals surface area contributed by atoms with Crippen LogP contribution in [0.25, 0.3) is 44.3 Å². The lowest BCUT2D eigenvalue weighted by molar-refractivity contribution is -0.129. The van der Waals surface area contributed by atoms with Gasteiger partial charge in [0.1, 0.15) is 18.0 Å². The van der Waals surface area contributed by atoms with Gasteiger partial charge in [0.15, 0.2) is 0 Å². The van der Waals surface area contributed by atoms with Gasteiger partial charge >= 0.3 is 0 Å². The van der Waals surface area contributed by atoms with Crippen molar-refractivity contribution in [3.63, 3.8) is 0 Å². The first kappa shape index (κ1) is 45.8. The Bertz CT molecular complexity index is 2860. The fraction of sp³-hybridized carbons (Fsp3) is 0.469. The van der Waals surface area contributed by atoms with Crippen molar-refractivity contribution in [2.45, 2.75) is 104 Å². The van der Waals surface area contributed by atoms with Crippen LogP contribution in [0.4, 0.5) is 0 Å². The van der Waals surface area contributed by atoms with Crippen LogP contribution in [0.15, 0.2) is 73.6 Å². The zero-order chi connectivity index (χ0) is 47.2. The van der Waals surface area contributed by atoms with E-state index in [0.29, 0.717) is 37.7 Å². The number of hydrogen-bond donors (Lipinski definition) is 1. The summed E-state index contributed by atoms with van der Waals surface area (Å²) < 4.78 is 25.4. The first-order chi connectivity index (χ1) is 31.2. The van der Waals surface area contributed by atoms with E-state index >= 15 is 0 Å². The fourth-order valence-corrected chi connectivity index (χ4v) is 8.35. The normalized spacial score (nSPS) is 18.0. The minimum Gasteiger partial charge on any atom is -0.497 e. The van der Waals surface area contributed by atoms with Crippen LogP contribution < -0.4 is 19.5 Å². The number of nitrogens with zero attached hydrogens (tertiary/aromatic N) is 11. The summed E-state index contributed by atoms with van der Waals surface area (Å²) in [6.07, 6.45) is 12.0. The topological polar surface area (TPSA) is 174 Å². The third kappa shape index (κ3) is 9.75. The molecule has 2 saturated heterocycles. The smallest absolute Gasteiger partial charge is 0.225 e. The summed E-state index contributed by atoms with van der Waals surface area (Å²) in [6.45, 7) is 20.0. The maximum Gasteiger partial charge on any atom is 0.225 e. The highest BCUT2D eigenvalue weighted by Gasteiger charge is 2.37. The molecular formula is C49H62N12O5. The molecule has 8 heterocycles. The average Bonchev–Trinajstić information content (AvgIpc) is 4.12. The van der Waals surface area contributed by atoms with Gasteiger partial charge in [-0.3, -0.25) is 28.3 Å². The summed E-state index contributed by atoms with van der Waals surface area (Å²) >= 11 is 0. The van der Waals surface area contributed by atoms with Crippen molar-refractivity contribution < 1.29 is 23.8 Å². The number of nitrogens with one attached hydrogen (secondary N) is 1. The number of carbonyl (C=O) groups is 2. The number of ether oxygens (including phenoxy) is 3. The van der Waals surface area contributed by atoms with Gasteiger partial charge in [-0.15, -0.1) is 0 Å². The molecule has 1 N–H and O–H groups in total. The zero-order valence-corrected chi connectivity index (χ0v) is 40.1. The Morgan fingerprint density at radius 1 is 0.697 bits per heavy atom. The van der Waals surface area contributed by atoms with Crippen molar-refractivity contribution in [3.05, 3.63) is 79.1 Å². The third-order valence-corrected chi connectivity index (χ3v) is 12.5. The SMILES string of the molecule is COc1ccc([C@H](C)N2C[C@H]([C@@H](C)Oc3nc(-c4cnn(C(C)(C)C)c4)cc4nn(C)cc34)CC2=O)cc1.C[C@@H](Oc1nc(-c2cnn(C(C)(C)C)c2)cc2nn(C)cc12)[C@H]1CNC(=O)C1. The molecule has 2 fully saturated rings. The summed E-state index contributed by atoms with van der Waals surface area (Å²) in [5, 5.41) is 22.7. The Morgan fingerprint density at radius 2 is 1.20 bits per heavy atom. The van der Waals surface area contributed by atoms with Crippen LogP contribution in [0.5, 0.6) is 17.5 Å². The quantitative estimate of drug-likeness (QED) is 0.137. The number of likely N-dealkylation sites (tertiary alicyclic amines) is 1. The minimum absolute atomic E-state index is 0.0311. The predicted octanol–water partition coefficient (Wildman–Crippen LogP) is 7.46. The number of rotatable bonds is 11. The Hall–Kier alpha value is -6.78. The monoisotopic (exact) mass is 898 g/mol. The molecule has 0 saturated carbocycles. The maximum atomic E-state index is 13.0. The van der Waals surface area contributed by atoms with E-state index in [2.05, 4.69) is 74.2 Å². The number of aryl methyl sites for hydroxylation is 2. The van der Waals surface area contributed by atoms with E-state index in [9.17, 15) is 9.59 Å². The fourth-order valence-electron chi connectivity index (χ4n) is 8.35. The van der Waals surface area contributed by atoms with Crippen LogP contribution in [-0.2, 0) is 34.8 Å². The summed E-state index contributed by atoms with van der Waals surface area (Å²) in [6, 6.07) is 11.8. The molecule has 0 bridgehead atoms. The van der Waals surface area contributed by atoms with E-state index in [0.717, 1.165) is 55.6 Å². The number of fused-ring (bicyclic) bond motifs is 2. The van der Waals surface area contributed by atoms with E-state index in [1.54, 1.807) is 16.5 Å². The molecule has 2 amide bonds. The number of aromatic nitrogens is 10. The van der Waals surface area contributed by atoms with Crippen molar-refractivity contribution in [2.75, 3.05) is 20.2 Å². The van der Waals surface area contributed by atoms with Gasteiger partial charge in [0.05, 0.1) is 69.8 Å². The highest BCUT2D eigenvalue weighted by molar-refractivity contribution is 5.88. The Morgan fingerprint density at radius 3 is 1.64 bits per heavy atom. The second kappa shape index (κ2) is 17.9. The summed E-state index contributed by atoms with van der Waals surface area (Å²) in [5.74, 6) is 2.25. The molecule has 17 heteroatoms. The Kier molecular flexibility index (Phi) is 12.4. The maximum absolute atomic E-state index is 13.0. The number of carbonyl (C=O) groups excluding carboxylic acids is 2. The predicted molar refractivity (Wildman–Crippen MR) is 252 cm³/mol. The van der Waals surface area contributed by atoms with Crippen LogP contribution in [0, 0.1) is 11.8 Å². The van der Waals surface area contributed by atoms with Crippen molar-refractivity contribution in [2.24, 2.45) is 25.9 Å². The molecule has 0 aliphatic carbocycles. The van der Waals surface area contributed by atoms with Crippen molar-refractivity contribution in [1.29, 1.82) is 0 Å². The number of methoxy groups -OCH3 is 1. The Balaban J connectivity index is 0.000000188. The van der Waals surface area contributed by atoms with Crippen LogP contribution in [0.1, 0.15) is 86.8 Å². The van der Waals surface area contributed by atoms with Gasteiger partial charge in [-0.2, -0.15) is 20.4 Å². The summed E-state index contributed by atoms with van der Waals surface area (Å²) in [5.41, 5.74) is 5.80. The molecule has 9 rings (SSSR count). The van der Waals surface area contributed by atoms with Gasteiger partial charge in [0.25, 0.3) is 0 Å². The second-order valence-electron chi connectivity index (χ2n) is 19.7. The second-order valence-corrected chi connectivity index (χ2v) is 19.7. The van der Waals surface area contributed by atoms with Gasteiger partial charge in [0, 0.05) is 87.8 Å². The highest BCUT2D eigenvalue weighted by atomic mass is 16.5. The first-order valence-electron chi connectivity index (χ1n) is 22.6. The molecule has 1 aromatic carbocycles. The third-order valence-electron chi connectivity index (χ3n) is 12.5. The van der Waals surface area contributed by atoms with Gasteiger partial charge in [-0.25, -0.2) is 9.97 Å². The van der Waals surface area contributed by atoms with Gasteiger partial charge in [-0.05, 0) is 92.1 Å². The van der Waals surface area contributed by atoms with Gasteiger partial charge in [0.2, 0.25) is 23.6 Å². The van der Waals surface area contributed by atoms with Crippen LogP contribution in [0.2, 0.25) is 0 Å². The van der Waals surface area contributed by atoms with E-state index in [1.165, 1.54) is 0 Å². The number of benzene rings is 1. The van der Waals surface area contributed by atoms with E-state index < -0.39 is 0 Å². The number of pyridine rings is 2. The molecule has 66 heavy (non-hydrogen) atoms. The molecule has 6 aromatic heterocycles. The van der Waals surface area contributed by atoms with E-state index in [4.69, 9.17) is 24.2 Å². The summed E-state index contributed by atoms with van der Waals surface area (Å²) in [7, 11) is 5.42. The lowest BCUT2D eigenvalue weighted by Crippen LogP contribution is -2.31. The molecule has 7 aromatic rings. The molecule has 0 radical (unpaired) electrons. The van der Waals surface area contributed by atoms with Crippen molar-refractivity contribution in [1.82, 2.24) is 59.3 Å². The van der Waals surface area contributed by atoms with E-state index in [1.807, 2.05) is 116 Å². The van der Waals surface area contributed by atoms with Crippen molar-refractivity contribution >= 4 is 33.6 Å². The minimum atomic E-state index is -0.213.